The zero-order valence-electron chi connectivity index (χ0n) is 10.8. The van der Waals surface area contributed by atoms with Crippen molar-refractivity contribution in [3.05, 3.63) is 34.6 Å². The highest BCUT2D eigenvalue weighted by molar-refractivity contribution is 6.30. The van der Waals surface area contributed by atoms with Gasteiger partial charge in [0.2, 0.25) is 0 Å². The Morgan fingerprint density at radius 2 is 1.94 bits per heavy atom. The van der Waals surface area contributed by atoms with Gasteiger partial charge in [-0.15, -0.1) is 0 Å². The number of likely N-dealkylation sites (tertiary alicyclic amines) is 1. The van der Waals surface area contributed by atoms with Gasteiger partial charge in [-0.3, -0.25) is 0 Å². The molecule has 0 spiro atoms. The van der Waals surface area contributed by atoms with Crippen LogP contribution in [0, 0.1) is 5.82 Å². The molecule has 1 saturated heterocycles. The van der Waals surface area contributed by atoms with E-state index in [1.54, 1.807) is 12.1 Å². The van der Waals surface area contributed by atoms with Gasteiger partial charge in [0, 0.05) is 29.7 Å². The summed E-state index contributed by atoms with van der Waals surface area (Å²) in [6.07, 6.45) is 1.12. The molecule has 1 N–H and O–H groups in total. The van der Waals surface area contributed by atoms with E-state index in [2.05, 4.69) is 18.7 Å². The molecule has 4 heteroatoms. The van der Waals surface area contributed by atoms with Gasteiger partial charge in [0.1, 0.15) is 5.82 Å². The molecule has 0 atom stereocenters. The minimum absolute atomic E-state index is 0.361. The molecule has 1 aliphatic rings. The first kappa shape index (κ1) is 13.8. The highest BCUT2D eigenvalue weighted by atomic mass is 35.5. The van der Waals surface area contributed by atoms with E-state index in [9.17, 15) is 9.50 Å². The molecular weight excluding hydrogens is 253 g/mol. The van der Waals surface area contributed by atoms with Crippen LogP contribution in [0.1, 0.15) is 32.3 Å². The number of nitrogens with zero attached hydrogens (tertiary/aromatic N) is 1. The van der Waals surface area contributed by atoms with Crippen molar-refractivity contribution in [1.82, 2.24) is 4.90 Å². The van der Waals surface area contributed by atoms with Crippen molar-refractivity contribution in [3.8, 4) is 0 Å². The van der Waals surface area contributed by atoms with Gasteiger partial charge < -0.3 is 10.0 Å². The number of aliphatic hydroxyl groups is 1. The van der Waals surface area contributed by atoms with Crippen molar-refractivity contribution in [2.75, 3.05) is 13.1 Å². The van der Waals surface area contributed by atoms with Gasteiger partial charge in [-0.2, -0.15) is 0 Å². The van der Waals surface area contributed by atoms with Crippen LogP contribution in [0.2, 0.25) is 5.02 Å². The molecule has 0 unspecified atom stereocenters. The third kappa shape index (κ3) is 2.68. The lowest BCUT2D eigenvalue weighted by atomic mass is 9.84. The molecule has 100 valence electrons. The number of rotatable bonds is 2. The SMILES string of the molecule is CC(C)N1CCC(O)(c2ccc(Cl)cc2F)CC1. The second-order valence-corrected chi connectivity index (χ2v) is 5.72. The molecule has 1 aliphatic heterocycles. The predicted octanol–water partition coefficient (Wildman–Crippen LogP) is 3.17. The molecular formula is C14H19ClFNO. The van der Waals surface area contributed by atoms with Crippen molar-refractivity contribution in [1.29, 1.82) is 0 Å². The summed E-state index contributed by atoms with van der Waals surface area (Å²) >= 11 is 5.74. The van der Waals surface area contributed by atoms with Crippen LogP contribution < -0.4 is 0 Å². The van der Waals surface area contributed by atoms with Crippen LogP contribution >= 0.6 is 11.6 Å². The fraction of sp³-hybridized carbons (Fsp3) is 0.571. The van der Waals surface area contributed by atoms with E-state index < -0.39 is 11.4 Å². The van der Waals surface area contributed by atoms with Crippen molar-refractivity contribution >= 4 is 11.6 Å². The first-order valence-corrected chi connectivity index (χ1v) is 6.72. The van der Waals surface area contributed by atoms with Crippen LogP contribution in [0.15, 0.2) is 18.2 Å². The quantitative estimate of drug-likeness (QED) is 0.893. The number of benzene rings is 1. The van der Waals surface area contributed by atoms with Crippen LogP contribution in [0.25, 0.3) is 0 Å². The zero-order chi connectivity index (χ0) is 13.3. The molecule has 2 nitrogen and oxygen atoms in total. The third-order valence-electron chi connectivity index (χ3n) is 3.79. The number of hydrogen-bond acceptors (Lipinski definition) is 2. The summed E-state index contributed by atoms with van der Waals surface area (Å²) < 4.78 is 13.9. The van der Waals surface area contributed by atoms with Crippen molar-refractivity contribution < 1.29 is 9.50 Å². The fourth-order valence-electron chi connectivity index (χ4n) is 2.55. The number of piperidine rings is 1. The lowest BCUT2D eigenvalue weighted by Gasteiger charge is -2.40. The van der Waals surface area contributed by atoms with Crippen molar-refractivity contribution in [2.24, 2.45) is 0 Å². The molecule has 0 saturated carbocycles. The van der Waals surface area contributed by atoms with Gasteiger partial charge in [-0.1, -0.05) is 17.7 Å². The number of hydrogen-bond donors (Lipinski definition) is 1. The molecule has 18 heavy (non-hydrogen) atoms. The first-order valence-electron chi connectivity index (χ1n) is 6.34. The summed E-state index contributed by atoms with van der Waals surface area (Å²) in [5, 5.41) is 11.0. The maximum atomic E-state index is 13.9. The van der Waals surface area contributed by atoms with Gasteiger partial charge in [-0.05, 0) is 38.8 Å². The van der Waals surface area contributed by atoms with Crippen LogP contribution in [-0.2, 0) is 5.60 Å². The minimum Gasteiger partial charge on any atom is -0.385 e. The number of halogens is 2. The normalized spacial score (nSPS) is 20.3. The Labute approximate surface area is 112 Å². The molecule has 1 heterocycles. The summed E-state index contributed by atoms with van der Waals surface area (Å²) in [6, 6.07) is 4.96. The molecule has 1 fully saturated rings. The lowest BCUT2D eigenvalue weighted by molar-refractivity contribution is -0.0347. The zero-order valence-corrected chi connectivity index (χ0v) is 11.5. The van der Waals surface area contributed by atoms with Gasteiger partial charge in [0.15, 0.2) is 0 Å². The third-order valence-corrected chi connectivity index (χ3v) is 4.02. The Morgan fingerprint density at radius 1 is 1.33 bits per heavy atom. The van der Waals surface area contributed by atoms with E-state index in [4.69, 9.17) is 11.6 Å². The highest BCUT2D eigenvalue weighted by Crippen LogP contribution is 2.35. The van der Waals surface area contributed by atoms with E-state index in [1.165, 1.54) is 6.07 Å². The lowest BCUT2D eigenvalue weighted by Crippen LogP contribution is -2.45. The minimum atomic E-state index is -1.06. The molecule has 1 aromatic carbocycles. The summed E-state index contributed by atoms with van der Waals surface area (Å²) in [7, 11) is 0. The average Bonchev–Trinajstić information content (AvgIpc) is 2.29. The smallest absolute Gasteiger partial charge is 0.130 e. The van der Waals surface area contributed by atoms with Gasteiger partial charge >= 0.3 is 0 Å². The maximum Gasteiger partial charge on any atom is 0.130 e. The van der Waals surface area contributed by atoms with E-state index in [0.717, 1.165) is 13.1 Å². The molecule has 2 rings (SSSR count). The monoisotopic (exact) mass is 271 g/mol. The molecule has 0 amide bonds. The Balaban J connectivity index is 2.18. The fourth-order valence-corrected chi connectivity index (χ4v) is 2.71. The van der Waals surface area contributed by atoms with Crippen molar-refractivity contribution in [3.63, 3.8) is 0 Å². The summed E-state index contributed by atoms with van der Waals surface area (Å²) in [5.74, 6) is -0.414. The van der Waals surface area contributed by atoms with E-state index in [1.807, 2.05) is 0 Å². The summed E-state index contributed by atoms with van der Waals surface area (Å²) in [5.41, 5.74) is -0.685. The molecule has 0 radical (unpaired) electrons. The Bertz CT molecular complexity index is 428. The van der Waals surface area contributed by atoms with Crippen LogP contribution in [-0.4, -0.2) is 29.1 Å². The summed E-state index contributed by atoms with van der Waals surface area (Å²) in [4.78, 5) is 2.29. The highest BCUT2D eigenvalue weighted by Gasteiger charge is 2.36. The largest absolute Gasteiger partial charge is 0.385 e. The molecule has 0 aromatic heterocycles. The molecule has 0 aliphatic carbocycles. The van der Waals surface area contributed by atoms with Gasteiger partial charge in [0.05, 0.1) is 5.60 Å². The second-order valence-electron chi connectivity index (χ2n) is 5.29. The molecule has 0 bridgehead atoms. The van der Waals surface area contributed by atoms with Crippen LogP contribution in [0.5, 0.6) is 0 Å². The average molecular weight is 272 g/mol. The van der Waals surface area contributed by atoms with E-state index in [-0.39, 0.29) is 0 Å². The Hall–Kier alpha value is -0.640. The predicted molar refractivity (Wildman–Crippen MR) is 71.2 cm³/mol. The summed E-state index contributed by atoms with van der Waals surface area (Å²) in [6.45, 7) is 5.84. The molecule has 1 aromatic rings. The Kier molecular flexibility index (Phi) is 3.95. The van der Waals surface area contributed by atoms with Gasteiger partial charge in [-0.25, -0.2) is 4.39 Å². The topological polar surface area (TPSA) is 23.5 Å². The first-order chi connectivity index (χ1) is 8.42. The maximum absolute atomic E-state index is 13.9. The Morgan fingerprint density at radius 3 is 2.44 bits per heavy atom. The second kappa shape index (κ2) is 5.16. The van der Waals surface area contributed by atoms with Gasteiger partial charge in [0.25, 0.3) is 0 Å². The van der Waals surface area contributed by atoms with Crippen LogP contribution in [0.3, 0.4) is 0 Å². The van der Waals surface area contributed by atoms with Crippen molar-refractivity contribution in [2.45, 2.75) is 38.3 Å². The van der Waals surface area contributed by atoms with E-state index in [0.29, 0.717) is 29.5 Å². The van der Waals surface area contributed by atoms with E-state index >= 15 is 0 Å². The standard InChI is InChI=1S/C14H19ClFNO/c1-10(2)17-7-5-14(18,6-8-17)12-4-3-11(15)9-13(12)16/h3-4,9-10,18H,5-8H2,1-2H3. The van der Waals surface area contributed by atoms with Crippen LogP contribution in [0.4, 0.5) is 4.39 Å².